The lowest BCUT2D eigenvalue weighted by Crippen LogP contribution is -2.00. The summed E-state index contributed by atoms with van der Waals surface area (Å²) in [5.74, 6) is 1.90. The number of benzene rings is 8. The third-order valence-corrected chi connectivity index (χ3v) is 11.2. The van der Waals surface area contributed by atoms with E-state index in [4.69, 9.17) is 19.4 Å². The van der Waals surface area contributed by atoms with Gasteiger partial charge in [0, 0.05) is 55.0 Å². The standard InChI is InChI=1S/C51H31N5O/c1-4-14-32(15-5-1)49-52-50(33-16-6-2-7-17-33)54-51(53-49)34-24-26-36(27-25-34)56-42-30-29-41-45(37-20-10-12-22-40(37)55(41)35-18-8-3-9-19-35)46(42)39-28-31-44-47(48(39)56)38-21-11-13-23-43(38)57-44/h1-31H. The molecular weight excluding hydrogens is 699 g/mol. The quantitative estimate of drug-likeness (QED) is 0.177. The summed E-state index contributed by atoms with van der Waals surface area (Å²) in [6.07, 6.45) is 0. The molecule has 4 aromatic heterocycles. The first-order chi connectivity index (χ1) is 28.3. The average molecular weight is 730 g/mol. The molecule has 0 saturated carbocycles. The van der Waals surface area contributed by atoms with Crippen molar-refractivity contribution in [3.63, 3.8) is 0 Å². The van der Waals surface area contributed by atoms with Crippen LogP contribution in [0.3, 0.4) is 0 Å². The molecule has 0 N–H and O–H groups in total. The molecule has 12 rings (SSSR count). The van der Waals surface area contributed by atoms with Gasteiger partial charge in [0.15, 0.2) is 17.5 Å². The van der Waals surface area contributed by atoms with Crippen LogP contribution >= 0.6 is 0 Å². The van der Waals surface area contributed by atoms with Crippen molar-refractivity contribution in [1.29, 1.82) is 0 Å². The summed E-state index contributed by atoms with van der Waals surface area (Å²) in [6, 6.07) is 65.4. The van der Waals surface area contributed by atoms with Crippen molar-refractivity contribution in [2.24, 2.45) is 0 Å². The van der Waals surface area contributed by atoms with Crippen LogP contribution in [-0.2, 0) is 0 Å². The van der Waals surface area contributed by atoms with Crippen molar-refractivity contribution in [2.75, 3.05) is 0 Å². The van der Waals surface area contributed by atoms with E-state index < -0.39 is 0 Å². The Morgan fingerprint density at radius 3 is 1.49 bits per heavy atom. The van der Waals surface area contributed by atoms with Crippen LogP contribution in [0.15, 0.2) is 192 Å². The molecule has 0 amide bonds. The molecule has 266 valence electrons. The van der Waals surface area contributed by atoms with Crippen LogP contribution in [0.4, 0.5) is 0 Å². The van der Waals surface area contributed by atoms with E-state index in [-0.39, 0.29) is 0 Å². The van der Waals surface area contributed by atoms with Gasteiger partial charge in [0.25, 0.3) is 0 Å². The molecule has 0 spiro atoms. The van der Waals surface area contributed by atoms with Crippen LogP contribution in [0, 0.1) is 0 Å². The number of hydrogen-bond donors (Lipinski definition) is 0. The number of fused-ring (bicyclic) bond motifs is 11. The molecule has 4 heterocycles. The zero-order chi connectivity index (χ0) is 37.5. The van der Waals surface area contributed by atoms with Gasteiger partial charge in [-0.25, -0.2) is 15.0 Å². The summed E-state index contributed by atoms with van der Waals surface area (Å²) in [7, 11) is 0. The Hall–Kier alpha value is -7.83. The maximum Gasteiger partial charge on any atom is 0.164 e. The molecule has 6 heteroatoms. The van der Waals surface area contributed by atoms with Gasteiger partial charge in [-0.3, -0.25) is 0 Å². The van der Waals surface area contributed by atoms with Gasteiger partial charge >= 0.3 is 0 Å². The monoisotopic (exact) mass is 729 g/mol. The molecule has 0 saturated heterocycles. The number of nitrogens with zero attached hydrogens (tertiary/aromatic N) is 5. The van der Waals surface area contributed by atoms with E-state index in [1.54, 1.807) is 0 Å². The van der Waals surface area contributed by atoms with Crippen molar-refractivity contribution in [1.82, 2.24) is 24.1 Å². The molecule has 8 aromatic carbocycles. The molecule has 0 aliphatic carbocycles. The molecule has 0 atom stereocenters. The van der Waals surface area contributed by atoms with Crippen LogP contribution in [-0.4, -0.2) is 24.1 Å². The minimum absolute atomic E-state index is 0.620. The fourth-order valence-corrected chi connectivity index (χ4v) is 8.68. The molecule has 0 bridgehead atoms. The Morgan fingerprint density at radius 1 is 0.316 bits per heavy atom. The van der Waals surface area contributed by atoms with Crippen molar-refractivity contribution in [3.05, 3.63) is 188 Å². The predicted octanol–water partition coefficient (Wildman–Crippen LogP) is 13.0. The first-order valence-electron chi connectivity index (χ1n) is 19.1. The summed E-state index contributed by atoms with van der Waals surface area (Å²) >= 11 is 0. The first kappa shape index (κ1) is 31.5. The van der Waals surface area contributed by atoms with E-state index >= 15 is 0 Å². The fourth-order valence-electron chi connectivity index (χ4n) is 8.68. The van der Waals surface area contributed by atoms with Crippen molar-refractivity contribution >= 4 is 65.6 Å². The van der Waals surface area contributed by atoms with E-state index in [0.717, 1.165) is 61.0 Å². The summed E-state index contributed by atoms with van der Waals surface area (Å²) in [5, 5.41) is 7.02. The van der Waals surface area contributed by atoms with E-state index in [2.05, 4.69) is 130 Å². The number of rotatable bonds is 5. The number of hydrogen-bond acceptors (Lipinski definition) is 4. The lowest BCUT2D eigenvalue weighted by atomic mass is 10.0. The predicted molar refractivity (Wildman–Crippen MR) is 232 cm³/mol. The van der Waals surface area contributed by atoms with Gasteiger partial charge in [0.2, 0.25) is 0 Å². The van der Waals surface area contributed by atoms with Crippen LogP contribution in [0.5, 0.6) is 0 Å². The molecule has 6 nitrogen and oxygen atoms in total. The highest BCUT2D eigenvalue weighted by Crippen LogP contribution is 2.46. The highest BCUT2D eigenvalue weighted by molar-refractivity contribution is 6.33. The summed E-state index contributed by atoms with van der Waals surface area (Å²) < 4.78 is 11.3. The molecule has 12 aromatic rings. The largest absolute Gasteiger partial charge is 0.456 e. The SMILES string of the molecule is c1ccc(-c2nc(-c3ccccc3)nc(-c3ccc(-n4c5ccc6c(c7ccccc7n6-c6ccccc6)c5c5ccc6oc7ccccc7c6c54)cc3)n2)cc1. The maximum absolute atomic E-state index is 6.50. The van der Waals surface area contributed by atoms with Gasteiger partial charge in [-0.2, -0.15) is 0 Å². The van der Waals surface area contributed by atoms with Crippen molar-refractivity contribution in [2.45, 2.75) is 0 Å². The Bertz CT molecular complexity index is 3430. The van der Waals surface area contributed by atoms with Crippen LogP contribution in [0.25, 0.3) is 111 Å². The van der Waals surface area contributed by atoms with E-state index in [1.165, 1.54) is 32.6 Å². The smallest absolute Gasteiger partial charge is 0.164 e. The molecule has 0 fully saturated rings. The zero-order valence-electron chi connectivity index (χ0n) is 30.5. The first-order valence-corrected chi connectivity index (χ1v) is 19.1. The summed E-state index contributed by atoms with van der Waals surface area (Å²) in [5.41, 5.74) is 11.3. The van der Waals surface area contributed by atoms with Crippen LogP contribution < -0.4 is 0 Å². The third-order valence-electron chi connectivity index (χ3n) is 11.2. The van der Waals surface area contributed by atoms with Gasteiger partial charge in [0.1, 0.15) is 11.2 Å². The van der Waals surface area contributed by atoms with Gasteiger partial charge < -0.3 is 13.6 Å². The topological polar surface area (TPSA) is 61.7 Å². The maximum atomic E-state index is 6.50. The van der Waals surface area contributed by atoms with E-state index in [0.29, 0.717) is 17.5 Å². The Morgan fingerprint density at radius 2 is 0.825 bits per heavy atom. The van der Waals surface area contributed by atoms with E-state index in [9.17, 15) is 0 Å². The zero-order valence-corrected chi connectivity index (χ0v) is 30.5. The lowest BCUT2D eigenvalue weighted by molar-refractivity contribution is 0.669. The molecule has 57 heavy (non-hydrogen) atoms. The van der Waals surface area contributed by atoms with Crippen molar-refractivity contribution in [3.8, 4) is 45.5 Å². The average Bonchev–Trinajstić information content (AvgIpc) is 3.95. The Kier molecular flexibility index (Phi) is 6.83. The molecule has 0 aliphatic rings. The number of para-hydroxylation sites is 3. The number of aromatic nitrogens is 5. The van der Waals surface area contributed by atoms with Gasteiger partial charge in [-0.1, -0.05) is 115 Å². The highest BCUT2D eigenvalue weighted by Gasteiger charge is 2.24. The van der Waals surface area contributed by atoms with Crippen LogP contribution in [0.1, 0.15) is 0 Å². The highest BCUT2D eigenvalue weighted by atomic mass is 16.3. The van der Waals surface area contributed by atoms with Crippen molar-refractivity contribution < 1.29 is 4.42 Å². The van der Waals surface area contributed by atoms with Gasteiger partial charge in [-0.15, -0.1) is 0 Å². The van der Waals surface area contributed by atoms with Gasteiger partial charge in [0.05, 0.1) is 27.5 Å². The molecule has 0 aliphatic heterocycles. The molecule has 0 radical (unpaired) electrons. The molecular formula is C51H31N5O. The molecule has 0 unspecified atom stereocenters. The summed E-state index contributed by atoms with van der Waals surface area (Å²) in [6.45, 7) is 0. The number of furan rings is 1. The van der Waals surface area contributed by atoms with Gasteiger partial charge in [-0.05, 0) is 72.8 Å². The minimum atomic E-state index is 0.620. The van der Waals surface area contributed by atoms with Crippen LogP contribution in [0.2, 0.25) is 0 Å². The normalized spacial score (nSPS) is 11.9. The third kappa shape index (κ3) is 4.81. The second-order valence-electron chi connectivity index (χ2n) is 14.4. The Balaban J connectivity index is 1.13. The van der Waals surface area contributed by atoms with E-state index in [1.807, 2.05) is 66.7 Å². The fraction of sp³-hybridized carbons (Fsp3) is 0. The second-order valence-corrected chi connectivity index (χ2v) is 14.4. The summed E-state index contributed by atoms with van der Waals surface area (Å²) in [4.78, 5) is 14.9. The minimum Gasteiger partial charge on any atom is -0.456 e. The second kappa shape index (κ2) is 12.3. The lowest BCUT2D eigenvalue weighted by Gasteiger charge is -2.11. The Labute approximate surface area is 326 Å².